The first-order chi connectivity index (χ1) is 13.0. The van der Waals surface area contributed by atoms with Gasteiger partial charge < -0.3 is 20.5 Å². The average Bonchev–Trinajstić information content (AvgIpc) is 2.66. The minimum absolute atomic E-state index is 0.287. The van der Waals surface area contributed by atoms with Crippen LogP contribution in [0.4, 0.5) is 4.39 Å². The monoisotopic (exact) mass is 372 g/mol. The molecule has 2 amide bonds. The first-order valence-corrected chi connectivity index (χ1v) is 8.66. The highest BCUT2D eigenvalue weighted by Gasteiger charge is 2.29. The van der Waals surface area contributed by atoms with Crippen molar-refractivity contribution in [3.05, 3.63) is 65.0 Å². The van der Waals surface area contributed by atoms with Gasteiger partial charge in [-0.2, -0.15) is 0 Å². The molecule has 3 N–H and O–H groups in total. The molecule has 3 rings (SSSR count). The number of hydrogen-bond donors (Lipinski definition) is 2. The molecule has 27 heavy (non-hydrogen) atoms. The van der Waals surface area contributed by atoms with E-state index in [2.05, 4.69) is 5.32 Å². The third kappa shape index (κ3) is 4.43. The normalized spacial score (nSPS) is 19.3. The lowest BCUT2D eigenvalue weighted by Gasteiger charge is -2.32. The molecule has 0 saturated carbocycles. The lowest BCUT2D eigenvalue weighted by atomic mass is 10.0. The molecule has 0 aliphatic carbocycles. The van der Waals surface area contributed by atoms with E-state index in [1.165, 1.54) is 12.1 Å². The third-order valence-electron chi connectivity index (χ3n) is 4.56. The van der Waals surface area contributed by atoms with Gasteiger partial charge in [0.05, 0.1) is 12.6 Å². The Morgan fingerprint density at radius 3 is 2.67 bits per heavy atom. The van der Waals surface area contributed by atoms with E-state index in [-0.39, 0.29) is 11.9 Å². The molecule has 2 aromatic carbocycles. The van der Waals surface area contributed by atoms with Crippen LogP contribution in [0.15, 0.2) is 42.5 Å². The van der Waals surface area contributed by atoms with Gasteiger partial charge >= 0.3 is 0 Å². The number of halogens is 1. The van der Waals surface area contributed by atoms with Crippen LogP contribution in [-0.4, -0.2) is 37.2 Å². The molecular formula is C20H21FN2O4. The molecule has 0 aromatic heterocycles. The van der Waals surface area contributed by atoms with Crippen LogP contribution in [0.1, 0.15) is 32.7 Å². The van der Waals surface area contributed by atoms with Crippen molar-refractivity contribution in [2.75, 3.05) is 13.2 Å². The lowest BCUT2D eigenvalue weighted by molar-refractivity contribution is -0.0135. The number of primary amides is 1. The second kappa shape index (κ2) is 8.18. The van der Waals surface area contributed by atoms with Crippen molar-refractivity contribution in [2.24, 2.45) is 5.73 Å². The van der Waals surface area contributed by atoms with Crippen LogP contribution in [-0.2, 0) is 4.74 Å². The molecule has 6 nitrogen and oxygen atoms in total. The highest BCUT2D eigenvalue weighted by molar-refractivity contribution is 5.96. The fourth-order valence-corrected chi connectivity index (χ4v) is 2.97. The Morgan fingerprint density at radius 1 is 1.22 bits per heavy atom. The average molecular weight is 372 g/mol. The first kappa shape index (κ1) is 18.8. The first-order valence-electron chi connectivity index (χ1n) is 8.66. The summed E-state index contributed by atoms with van der Waals surface area (Å²) in [7, 11) is 0. The number of ether oxygens (including phenoxy) is 2. The minimum atomic E-state index is -0.516. The summed E-state index contributed by atoms with van der Waals surface area (Å²) in [5.41, 5.74) is 6.22. The van der Waals surface area contributed by atoms with Crippen LogP contribution in [0.2, 0.25) is 0 Å². The summed E-state index contributed by atoms with van der Waals surface area (Å²) in [6, 6.07) is 10.6. The Kier molecular flexibility index (Phi) is 5.71. The van der Waals surface area contributed by atoms with E-state index < -0.39 is 17.8 Å². The highest BCUT2D eigenvalue weighted by Crippen LogP contribution is 2.20. The number of rotatable bonds is 5. The van der Waals surface area contributed by atoms with E-state index in [9.17, 15) is 14.0 Å². The number of benzene rings is 2. The Hall–Kier alpha value is -2.93. The van der Waals surface area contributed by atoms with Gasteiger partial charge in [-0.1, -0.05) is 6.07 Å². The smallest absolute Gasteiger partial charge is 0.252 e. The maximum atomic E-state index is 13.7. The topological polar surface area (TPSA) is 90.7 Å². The standard InChI is InChI=1S/C20H21FN2O4/c1-12-15(3-2-4-16(12)21)20(25)23-17-9-10-26-11-18(17)27-14-7-5-13(6-8-14)19(22)24/h2-8,17-18H,9-11H2,1H3,(H2,22,24)(H,23,25)/t17-,18-/m1/s1. The van der Waals surface area contributed by atoms with Crippen molar-refractivity contribution >= 4 is 11.8 Å². The molecule has 0 spiro atoms. The molecule has 2 aromatic rings. The highest BCUT2D eigenvalue weighted by atomic mass is 19.1. The van der Waals surface area contributed by atoms with Crippen LogP contribution in [0.5, 0.6) is 5.75 Å². The van der Waals surface area contributed by atoms with E-state index >= 15 is 0 Å². The molecule has 1 saturated heterocycles. The summed E-state index contributed by atoms with van der Waals surface area (Å²) >= 11 is 0. The Morgan fingerprint density at radius 2 is 1.96 bits per heavy atom. The Balaban J connectivity index is 1.70. The van der Waals surface area contributed by atoms with Crippen LogP contribution in [0.25, 0.3) is 0 Å². The maximum Gasteiger partial charge on any atom is 0.252 e. The van der Waals surface area contributed by atoms with Gasteiger partial charge in [0.1, 0.15) is 17.7 Å². The maximum absolute atomic E-state index is 13.7. The molecule has 1 aliphatic heterocycles. The van der Waals surface area contributed by atoms with Crippen molar-refractivity contribution in [3.63, 3.8) is 0 Å². The van der Waals surface area contributed by atoms with Gasteiger partial charge in [0.25, 0.3) is 5.91 Å². The molecule has 1 heterocycles. The molecule has 1 aliphatic rings. The Labute approximate surface area is 156 Å². The van der Waals surface area contributed by atoms with Crippen molar-refractivity contribution in [1.29, 1.82) is 0 Å². The third-order valence-corrected chi connectivity index (χ3v) is 4.56. The molecule has 1 fully saturated rings. The van der Waals surface area contributed by atoms with Gasteiger partial charge in [-0.05, 0) is 55.3 Å². The van der Waals surface area contributed by atoms with Gasteiger partial charge in [0, 0.05) is 17.7 Å². The van der Waals surface area contributed by atoms with Gasteiger partial charge in [0.2, 0.25) is 5.91 Å². The number of nitrogens with one attached hydrogen (secondary N) is 1. The van der Waals surface area contributed by atoms with E-state index in [4.69, 9.17) is 15.2 Å². The van der Waals surface area contributed by atoms with Gasteiger partial charge in [-0.25, -0.2) is 4.39 Å². The SMILES string of the molecule is Cc1c(F)cccc1C(=O)N[C@@H]1CCOC[C@H]1Oc1ccc(C(N)=O)cc1. The van der Waals surface area contributed by atoms with Crippen LogP contribution in [0.3, 0.4) is 0 Å². The second-order valence-corrected chi connectivity index (χ2v) is 6.40. The van der Waals surface area contributed by atoms with Crippen molar-refractivity contribution in [2.45, 2.75) is 25.5 Å². The summed E-state index contributed by atoms with van der Waals surface area (Å²) in [4.78, 5) is 23.7. The quantitative estimate of drug-likeness (QED) is 0.842. The van der Waals surface area contributed by atoms with Gasteiger partial charge in [-0.3, -0.25) is 9.59 Å². The Bertz CT molecular complexity index is 838. The van der Waals surface area contributed by atoms with Gasteiger partial charge in [-0.15, -0.1) is 0 Å². The predicted octanol–water partition coefficient (Wildman–Crippen LogP) is 2.20. The fourth-order valence-electron chi connectivity index (χ4n) is 2.97. The summed E-state index contributed by atoms with van der Waals surface area (Å²) in [6.07, 6.45) is 0.167. The van der Waals surface area contributed by atoms with E-state index in [1.807, 2.05) is 0 Å². The fraction of sp³-hybridized carbons (Fsp3) is 0.300. The summed E-state index contributed by atoms with van der Waals surface area (Å²) in [6.45, 7) is 2.38. The number of amides is 2. The predicted molar refractivity (Wildman–Crippen MR) is 97.2 cm³/mol. The van der Waals surface area contributed by atoms with Crippen LogP contribution < -0.4 is 15.8 Å². The summed E-state index contributed by atoms with van der Waals surface area (Å²) < 4.78 is 25.1. The van der Waals surface area contributed by atoms with Crippen molar-refractivity contribution < 1.29 is 23.5 Å². The molecule has 0 radical (unpaired) electrons. The van der Waals surface area contributed by atoms with Crippen LogP contribution in [0, 0.1) is 12.7 Å². The van der Waals surface area contributed by atoms with E-state index in [0.717, 1.165) is 0 Å². The molecule has 2 atom stereocenters. The van der Waals surface area contributed by atoms with Crippen LogP contribution >= 0.6 is 0 Å². The summed E-state index contributed by atoms with van der Waals surface area (Å²) in [5.74, 6) is -0.747. The van der Waals surface area contributed by atoms with E-state index in [0.29, 0.717) is 42.1 Å². The number of nitrogens with two attached hydrogens (primary N) is 1. The molecule has 0 bridgehead atoms. The lowest BCUT2D eigenvalue weighted by Crippen LogP contribution is -2.51. The van der Waals surface area contributed by atoms with Crippen molar-refractivity contribution in [1.82, 2.24) is 5.32 Å². The zero-order valence-corrected chi connectivity index (χ0v) is 14.9. The van der Waals surface area contributed by atoms with Gasteiger partial charge in [0.15, 0.2) is 0 Å². The molecule has 0 unspecified atom stereocenters. The number of carbonyl (C=O) groups is 2. The largest absolute Gasteiger partial charge is 0.486 e. The molecule has 7 heteroatoms. The second-order valence-electron chi connectivity index (χ2n) is 6.40. The van der Waals surface area contributed by atoms with Crippen molar-refractivity contribution in [3.8, 4) is 5.75 Å². The minimum Gasteiger partial charge on any atom is -0.486 e. The van der Waals surface area contributed by atoms with E-state index in [1.54, 1.807) is 37.3 Å². The zero-order chi connectivity index (χ0) is 19.4. The molecular weight excluding hydrogens is 351 g/mol. The zero-order valence-electron chi connectivity index (χ0n) is 14.9. The molecule has 142 valence electrons. The number of hydrogen-bond acceptors (Lipinski definition) is 4. The summed E-state index contributed by atoms with van der Waals surface area (Å²) in [5, 5.41) is 2.92. The number of carbonyl (C=O) groups excluding carboxylic acids is 2.